The minimum absolute atomic E-state index is 0.172. The zero-order valence-corrected chi connectivity index (χ0v) is 8.96. The molecule has 0 aliphatic carbocycles. The number of nitrogens with one attached hydrogen (secondary N) is 1. The predicted molar refractivity (Wildman–Crippen MR) is 55.9 cm³/mol. The van der Waals surface area contributed by atoms with Crippen molar-refractivity contribution in [2.45, 2.75) is 6.92 Å². The maximum Gasteiger partial charge on any atom is 0.338 e. The third kappa shape index (κ3) is 2.34. The van der Waals surface area contributed by atoms with Gasteiger partial charge < -0.3 is 10.1 Å². The zero-order chi connectivity index (χ0) is 11.4. The van der Waals surface area contributed by atoms with Crippen LogP contribution in [-0.2, 0) is 4.74 Å². The van der Waals surface area contributed by atoms with Gasteiger partial charge in [0.1, 0.15) is 0 Å². The Morgan fingerprint density at radius 3 is 2.47 bits per heavy atom. The molecule has 0 bridgehead atoms. The fraction of sp³-hybridized carbons (Fsp3) is 0.273. The number of amides is 1. The zero-order valence-electron chi connectivity index (χ0n) is 8.96. The molecule has 1 aromatic rings. The van der Waals surface area contributed by atoms with Crippen LogP contribution in [0.2, 0.25) is 0 Å². The highest BCUT2D eigenvalue weighted by Crippen LogP contribution is 2.12. The van der Waals surface area contributed by atoms with Gasteiger partial charge in [-0.15, -0.1) is 0 Å². The molecule has 0 atom stereocenters. The Morgan fingerprint density at radius 1 is 1.33 bits per heavy atom. The van der Waals surface area contributed by atoms with Crippen LogP contribution in [0.15, 0.2) is 18.2 Å². The van der Waals surface area contributed by atoms with Crippen molar-refractivity contribution < 1.29 is 14.3 Å². The third-order valence-electron chi connectivity index (χ3n) is 2.12. The van der Waals surface area contributed by atoms with Gasteiger partial charge in [0.2, 0.25) is 0 Å². The smallest absolute Gasteiger partial charge is 0.338 e. The van der Waals surface area contributed by atoms with E-state index in [0.29, 0.717) is 11.1 Å². The van der Waals surface area contributed by atoms with Crippen LogP contribution in [0.3, 0.4) is 0 Å². The lowest BCUT2D eigenvalue weighted by atomic mass is 10.0. The van der Waals surface area contributed by atoms with E-state index >= 15 is 0 Å². The summed E-state index contributed by atoms with van der Waals surface area (Å²) in [4.78, 5) is 22.6. The molecule has 0 fully saturated rings. The molecular weight excluding hydrogens is 194 g/mol. The summed E-state index contributed by atoms with van der Waals surface area (Å²) in [5.74, 6) is -0.564. The Bertz CT molecular complexity index is 399. The average Bonchev–Trinajstić information content (AvgIpc) is 2.26. The Kier molecular flexibility index (Phi) is 3.44. The van der Waals surface area contributed by atoms with Gasteiger partial charge in [0.25, 0.3) is 5.91 Å². The molecule has 0 heterocycles. The number of hydrogen-bond acceptors (Lipinski definition) is 3. The van der Waals surface area contributed by atoms with Crippen LogP contribution in [0.4, 0.5) is 0 Å². The van der Waals surface area contributed by atoms with Crippen molar-refractivity contribution in [3.05, 3.63) is 34.9 Å². The van der Waals surface area contributed by atoms with Crippen LogP contribution in [0.5, 0.6) is 0 Å². The molecule has 0 spiro atoms. The molecule has 4 nitrogen and oxygen atoms in total. The van der Waals surface area contributed by atoms with Crippen molar-refractivity contribution in [1.82, 2.24) is 5.32 Å². The van der Waals surface area contributed by atoms with Crippen LogP contribution >= 0.6 is 0 Å². The maximum atomic E-state index is 11.3. The van der Waals surface area contributed by atoms with E-state index in [1.165, 1.54) is 7.11 Å². The molecule has 0 saturated carbocycles. The number of methoxy groups -OCH3 is 1. The second kappa shape index (κ2) is 4.59. The number of aryl methyl sites for hydroxylation is 1. The molecule has 1 rings (SSSR count). The Labute approximate surface area is 88.2 Å². The van der Waals surface area contributed by atoms with Crippen molar-refractivity contribution >= 4 is 11.9 Å². The van der Waals surface area contributed by atoms with Gasteiger partial charge in [0.05, 0.1) is 12.7 Å². The summed E-state index contributed by atoms with van der Waals surface area (Å²) >= 11 is 0. The van der Waals surface area contributed by atoms with E-state index in [2.05, 4.69) is 10.1 Å². The summed E-state index contributed by atoms with van der Waals surface area (Å²) in [6, 6.07) is 4.84. The number of ether oxygens (including phenoxy) is 1. The normalized spacial score (nSPS) is 9.53. The number of benzene rings is 1. The van der Waals surface area contributed by atoms with E-state index in [-0.39, 0.29) is 5.91 Å². The topological polar surface area (TPSA) is 55.4 Å². The van der Waals surface area contributed by atoms with E-state index in [1.54, 1.807) is 32.2 Å². The number of esters is 1. The summed E-state index contributed by atoms with van der Waals surface area (Å²) < 4.78 is 4.60. The summed E-state index contributed by atoms with van der Waals surface area (Å²) in [5, 5.41) is 2.52. The quantitative estimate of drug-likeness (QED) is 0.740. The first kappa shape index (κ1) is 11.2. The Morgan fingerprint density at radius 2 is 2.00 bits per heavy atom. The molecule has 0 radical (unpaired) electrons. The highest BCUT2D eigenvalue weighted by molar-refractivity contribution is 5.97. The molecule has 0 unspecified atom stereocenters. The molecule has 0 aromatic heterocycles. The average molecular weight is 207 g/mol. The van der Waals surface area contributed by atoms with Crippen molar-refractivity contribution in [1.29, 1.82) is 0 Å². The van der Waals surface area contributed by atoms with E-state index in [9.17, 15) is 9.59 Å². The lowest BCUT2D eigenvalue weighted by Crippen LogP contribution is -2.18. The first-order valence-electron chi connectivity index (χ1n) is 4.51. The van der Waals surface area contributed by atoms with Gasteiger partial charge in [-0.3, -0.25) is 4.79 Å². The number of carbonyl (C=O) groups is 2. The fourth-order valence-corrected chi connectivity index (χ4v) is 1.29. The van der Waals surface area contributed by atoms with Crippen LogP contribution in [0.25, 0.3) is 0 Å². The van der Waals surface area contributed by atoms with Crippen LogP contribution < -0.4 is 5.32 Å². The van der Waals surface area contributed by atoms with Crippen molar-refractivity contribution in [3.8, 4) is 0 Å². The number of carbonyl (C=O) groups excluding carboxylic acids is 2. The van der Waals surface area contributed by atoms with Gasteiger partial charge in [-0.25, -0.2) is 4.79 Å². The fourth-order valence-electron chi connectivity index (χ4n) is 1.29. The van der Waals surface area contributed by atoms with Gasteiger partial charge in [-0.2, -0.15) is 0 Å². The molecule has 4 heteroatoms. The van der Waals surface area contributed by atoms with Crippen molar-refractivity contribution in [2.24, 2.45) is 0 Å². The Hall–Kier alpha value is -1.84. The van der Waals surface area contributed by atoms with Gasteiger partial charge in [0.15, 0.2) is 0 Å². The maximum absolute atomic E-state index is 11.3. The first-order chi connectivity index (χ1) is 7.10. The SMILES string of the molecule is CNC(=O)c1ccc(C(=O)OC)c(C)c1. The molecule has 15 heavy (non-hydrogen) atoms. The predicted octanol–water partition coefficient (Wildman–Crippen LogP) is 1.14. The molecule has 0 aliphatic rings. The molecule has 1 N–H and O–H groups in total. The van der Waals surface area contributed by atoms with E-state index in [0.717, 1.165) is 5.56 Å². The van der Waals surface area contributed by atoms with Crippen molar-refractivity contribution in [3.63, 3.8) is 0 Å². The second-order valence-corrected chi connectivity index (χ2v) is 3.10. The summed E-state index contributed by atoms with van der Waals surface area (Å²) in [7, 11) is 2.89. The Balaban J connectivity index is 3.08. The molecule has 80 valence electrons. The second-order valence-electron chi connectivity index (χ2n) is 3.10. The molecule has 0 aliphatic heterocycles. The van der Waals surface area contributed by atoms with Gasteiger partial charge in [0, 0.05) is 12.6 Å². The highest BCUT2D eigenvalue weighted by atomic mass is 16.5. The summed E-state index contributed by atoms with van der Waals surface area (Å²) in [6.45, 7) is 1.76. The lowest BCUT2D eigenvalue weighted by Gasteiger charge is -2.05. The van der Waals surface area contributed by atoms with Gasteiger partial charge in [-0.1, -0.05) is 0 Å². The highest BCUT2D eigenvalue weighted by Gasteiger charge is 2.11. The minimum Gasteiger partial charge on any atom is -0.465 e. The van der Waals surface area contributed by atoms with E-state index < -0.39 is 5.97 Å². The van der Waals surface area contributed by atoms with Crippen LogP contribution in [0, 0.1) is 6.92 Å². The molecule has 1 amide bonds. The standard InChI is InChI=1S/C11H13NO3/c1-7-6-8(10(13)12-2)4-5-9(7)11(14)15-3/h4-6H,1-3H3,(H,12,13). The molecular formula is C11H13NO3. The first-order valence-corrected chi connectivity index (χ1v) is 4.51. The monoisotopic (exact) mass is 207 g/mol. The third-order valence-corrected chi connectivity index (χ3v) is 2.12. The lowest BCUT2D eigenvalue weighted by molar-refractivity contribution is 0.0599. The van der Waals surface area contributed by atoms with Crippen LogP contribution in [-0.4, -0.2) is 26.0 Å². The van der Waals surface area contributed by atoms with Gasteiger partial charge in [-0.05, 0) is 30.7 Å². The van der Waals surface area contributed by atoms with Crippen molar-refractivity contribution in [2.75, 3.05) is 14.2 Å². The molecule has 1 aromatic carbocycles. The number of hydrogen-bond donors (Lipinski definition) is 1. The molecule has 0 saturated heterocycles. The minimum atomic E-state index is -0.393. The summed E-state index contributed by atoms with van der Waals surface area (Å²) in [5.41, 5.74) is 1.73. The van der Waals surface area contributed by atoms with E-state index in [1.807, 2.05) is 0 Å². The van der Waals surface area contributed by atoms with Gasteiger partial charge >= 0.3 is 5.97 Å². The largest absolute Gasteiger partial charge is 0.465 e. The number of rotatable bonds is 2. The summed E-state index contributed by atoms with van der Waals surface area (Å²) in [6.07, 6.45) is 0. The van der Waals surface area contributed by atoms with Crippen LogP contribution in [0.1, 0.15) is 26.3 Å². The van der Waals surface area contributed by atoms with E-state index in [4.69, 9.17) is 0 Å².